The van der Waals surface area contributed by atoms with Gasteiger partial charge in [0.05, 0.1) is 23.5 Å². The number of pyridine rings is 1. The second kappa shape index (κ2) is 5.13. The van der Waals surface area contributed by atoms with Crippen LogP contribution in [0.25, 0.3) is 10.9 Å². The lowest BCUT2D eigenvalue weighted by Gasteiger charge is -2.04. The summed E-state index contributed by atoms with van der Waals surface area (Å²) in [4.78, 5) is 16.5. The first-order valence-corrected chi connectivity index (χ1v) is 6.36. The van der Waals surface area contributed by atoms with E-state index in [1.54, 1.807) is 35.3 Å². The highest BCUT2D eigenvalue weighted by Gasteiger charge is 2.13. The highest BCUT2D eigenvalue weighted by atomic mass is 16.5. The molecule has 0 atom stereocenters. The third-order valence-corrected chi connectivity index (χ3v) is 3.01. The van der Waals surface area contributed by atoms with Crippen LogP contribution < -0.4 is 4.74 Å². The maximum atomic E-state index is 12.2. The summed E-state index contributed by atoms with van der Waals surface area (Å²) in [6.07, 6.45) is 4.93. The lowest BCUT2D eigenvalue weighted by atomic mass is 10.1. The van der Waals surface area contributed by atoms with Gasteiger partial charge in [-0.25, -0.2) is 4.79 Å². The van der Waals surface area contributed by atoms with Crippen molar-refractivity contribution in [1.82, 2.24) is 14.8 Å². The van der Waals surface area contributed by atoms with Crippen molar-refractivity contribution >= 4 is 16.9 Å². The predicted molar refractivity (Wildman–Crippen MR) is 74.6 cm³/mol. The lowest BCUT2D eigenvalue weighted by molar-refractivity contribution is 0.0736. The van der Waals surface area contributed by atoms with E-state index in [9.17, 15) is 4.79 Å². The van der Waals surface area contributed by atoms with Gasteiger partial charge in [-0.1, -0.05) is 12.1 Å². The van der Waals surface area contributed by atoms with Crippen molar-refractivity contribution < 1.29 is 9.53 Å². The van der Waals surface area contributed by atoms with E-state index in [0.717, 1.165) is 17.4 Å². The summed E-state index contributed by atoms with van der Waals surface area (Å²) in [7, 11) is 0. The van der Waals surface area contributed by atoms with Crippen LogP contribution in [0, 0.1) is 0 Å². The second-order valence-corrected chi connectivity index (χ2v) is 4.30. The third kappa shape index (κ3) is 2.25. The summed E-state index contributed by atoms with van der Waals surface area (Å²) in [6.45, 7) is 2.70. The standard InChI is InChI=1S/C15H13N3O2/c1-2-18-10-11(9-17-18)20-15(19)13-5-3-7-14-12(13)6-4-8-16-14/h3-10H,2H2,1H3. The van der Waals surface area contributed by atoms with Gasteiger partial charge >= 0.3 is 5.97 Å². The number of aromatic nitrogens is 3. The van der Waals surface area contributed by atoms with Crippen LogP contribution in [-0.2, 0) is 6.54 Å². The summed E-state index contributed by atoms with van der Waals surface area (Å²) >= 11 is 0. The van der Waals surface area contributed by atoms with Gasteiger partial charge in [-0.3, -0.25) is 9.67 Å². The van der Waals surface area contributed by atoms with E-state index >= 15 is 0 Å². The van der Waals surface area contributed by atoms with E-state index in [4.69, 9.17) is 4.74 Å². The average Bonchev–Trinajstić information content (AvgIpc) is 2.94. The van der Waals surface area contributed by atoms with Gasteiger partial charge in [0.1, 0.15) is 0 Å². The minimum Gasteiger partial charge on any atom is -0.420 e. The molecule has 0 aliphatic heterocycles. The molecule has 0 aliphatic rings. The van der Waals surface area contributed by atoms with E-state index in [1.165, 1.54) is 6.20 Å². The van der Waals surface area contributed by atoms with Crippen LogP contribution in [-0.4, -0.2) is 20.7 Å². The monoisotopic (exact) mass is 267 g/mol. The summed E-state index contributed by atoms with van der Waals surface area (Å²) in [5.74, 6) is 0.0389. The van der Waals surface area contributed by atoms with Crippen LogP contribution in [0.1, 0.15) is 17.3 Å². The van der Waals surface area contributed by atoms with Gasteiger partial charge in [0.15, 0.2) is 5.75 Å². The van der Waals surface area contributed by atoms with E-state index in [1.807, 2.05) is 19.1 Å². The maximum absolute atomic E-state index is 12.2. The van der Waals surface area contributed by atoms with Crippen LogP contribution in [0.3, 0.4) is 0 Å². The highest BCUT2D eigenvalue weighted by molar-refractivity contribution is 6.04. The number of carbonyl (C=O) groups is 1. The van der Waals surface area contributed by atoms with E-state index in [2.05, 4.69) is 10.1 Å². The van der Waals surface area contributed by atoms with Gasteiger partial charge in [0.2, 0.25) is 0 Å². The van der Waals surface area contributed by atoms with Crippen molar-refractivity contribution in [2.75, 3.05) is 0 Å². The molecule has 0 N–H and O–H groups in total. The number of aryl methyl sites for hydroxylation is 1. The first-order chi connectivity index (χ1) is 9.78. The molecule has 5 nitrogen and oxygen atoms in total. The molecule has 0 amide bonds. The summed E-state index contributed by atoms with van der Waals surface area (Å²) in [6, 6.07) is 9.04. The number of hydrogen-bond acceptors (Lipinski definition) is 4. The molecule has 0 bridgehead atoms. The summed E-state index contributed by atoms with van der Waals surface area (Å²) < 4.78 is 7.04. The Bertz CT molecular complexity index is 759. The van der Waals surface area contributed by atoms with Crippen LogP contribution in [0.2, 0.25) is 0 Å². The van der Waals surface area contributed by atoms with Crippen molar-refractivity contribution in [2.24, 2.45) is 0 Å². The molecule has 2 aromatic heterocycles. The molecule has 2 heterocycles. The fourth-order valence-electron chi connectivity index (χ4n) is 2.01. The normalized spacial score (nSPS) is 10.7. The number of esters is 1. The number of benzene rings is 1. The average molecular weight is 267 g/mol. The number of carbonyl (C=O) groups excluding carboxylic acids is 1. The number of nitrogens with zero attached hydrogens (tertiary/aromatic N) is 3. The van der Waals surface area contributed by atoms with Crippen molar-refractivity contribution in [3.8, 4) is 5.75 Å². The summed E-state index contributed by atoms with van der Waals surface area (Å²) in [5.41, 5.74) is 1.27. The second-order valence-electron chi connectivity index (χ2n) is 4.30. The SMILES string of the molecule is CCn1cc(OC(=O)c2cccc3ncccc23)cn1. The predicted octanol–water partition coefficient (Wildman–Crippen LogP) is 2.67. The van der Waals surface area contributed by atoms with Gasteiger partial charge in [0, 0.05) is 18.1 Å². The minimum atomic E-state index is -0.403. The fraction of sp³-hybridized carbons (Fsp3) is 0.133. The Morgan fingerprint density at radius 1 is 1.30 bits per heavy atom. The van der Waals surface area contributed by atoms with E-state index in [-0.39, 0.29) is 0 Å². The Morgan fingerprint density at radius 3 is 3.00 bits per heavy atom. The largest absolute Gasteiger partial charge is 0.420 e. The molecule has 20 heavy (non-hydrogen) atoms. The molecular weight excluding hydrogens is 254 g/mol. The third-order valence-electron chi connectivity index (χ3n) is 3.01. The molecule has 1 aromatic carbocycles. The Balaban J connectivity index is 1.92. The number of fused-ring (bicyclic) bond motifs is 1. The molecule has 3 rings (SSSR count). The molecule has 5 heteroatoms. The van der Waals surface area contributed by atoms with Gasteiger partial charge < -0.3 is 4.74 Å². The van der Waals surface area contributed by atoms with Gasteiger partial charge in [-0.05, 0) is 25.1 Å². The minimum absolute atomic E-state index is 0.403. The maximum Gasteiger partial charge on any atom is 0.344 e. The van der Waals surface area contributed by atoms with Crippen LogP contribution in [0.4, 0.5) is 0 Å². The molecule has 0 fully saturated rings. The lowest BCUT2D eigenvalue weighted by Crippen LogP contribution is -2.08. The molecule has 0 spiro atoms. The zero-order chi connectivity index (χ0) is 13.9. The van der Waals surface area contributed by atoms with Crippen molar-refractivity contribution in [1.29, 1.82) is 0 Å². The molecular formula is C15H13N3O2. The van der Waals surface area contributed by atoms with Crippen molar-refractivity contribution in [2.45, 2.75) is 13.5 Å². The number of ether oxygens (including phenoxy) is 1. The molecule has 0 unspecified atom stereocenters. The van der Waals surface area contributed by atoms with E-state index in [0.29, 0.717) is 11.3 Å². The molecule has 100 valence electrons. The fourth-order valence-corrected chi connectivity index (χ4v) is 2.01. The molecule has 0 saturated heterocycles. The zero-order valence-corrected chi connectivity index (χ0v) is 11.0. The Hall–Kier alpha value is -2.69. The number of rotatable bonds is 3. The van der Waals surface area contributed by atoms with Gasteiger partial charge in [-0.15, -0.1) is 0 Å². The Kier molecular flexibility index (Phi) is 3.16. The smallest absolute Gasteiger partial charge is 0.344 e. The van der Waals surface area contributed by atoms with E-state index < -0.39 is 5.97 Å². The quantitative estimate of drug-likeness (QED) is 0.684. The molecule has 0 aliphatic carbocycles. The van der Waals surface area contributed by atoms with Crippen LogP contribution >= 0.6 is 0 Å². The van der Waals surface area contributed by atoms with Gasteiger partial charge in [0.25, 0.3) is 0 Å². The van der Waals surface area contributed by atoms with Crippen molar-refractivity contribution in [3.63, 3.8) is 0 Å². The highest BCUT2D eigenvalue weighted by Crippen LogP contribution is 2.19. The number of hydrogen-bond donors (Lipinski definition) is 0. The first-order valence-electron chi connectivity index (χ1n) is 6.36. The van der Waals surface area contributed by atoms with Gasteiger partial charge in [-0.2, -0.15) is 5.10 Å². The topological polar surface area (TPSA) is 57.0 Å². The molecule has 0 radical (unpaired) electrons. The van der Waals surface area contributed by atoms with Crippen LogP contribution in [0.5, 0.6) is 5.75 Å². The first kappa shape index (κ1) is 12.3. The van der Waals surface area contributed by atoms with Crippen molar-refractivity contribution in [3.05, 3.63) is 54.5 Å². The molecule has 0 saturated carbocycles. The zero-order valence-electron chi connectivity index (χ0n) is 11.0. The Morgan fingerprint density at radius 2 is 2.20 bits per heavy atom. The van der Waals surface area contributed by atoms with Crippen LogP contribution in [0.15, 0.2) is 48.9 Å². The molecule has 3 aromatic rings. The summed E-state index contributed by atoms with van der Waals surface area (Å²) in [5, 5.41) is 4.85. The Labute approximate surface area is 115 Å².